The van der Waals surface area contributed by atoms with Crippen LogP contribution >= 0.6 is 11.5 Å². The van der Waals surface area contributed by atoms with Crippen molar-refractivity contribution in [2.24, 2.45) is 0 Å². The third-order valence-electron chi connectivity index (χ3n) is 2.51. The summed E-state index contributed by atoms with van der Waals surface area (Å²) < 4.78 is 4.16. The lowest BCUT2D eigenvalue weighted by Gasteiger charge is -2.10. The number of hydrogen-bond donors (Lipinski definition) is 1. The molecule has 2 heterocycles. The Balaban J connectivity index is 2.00. The molecular formula is C9H14N4OS. The van der Waals surface area contributed by atoms with E-state index in [2.05, 4.69) is 14.7 Å². The van der Waals surface area contributed by atoms with Crippen LogP contribution in [-0.4, -0.2) is 39.8 Å². The van der Waals surface area contributed by atoms with Crippen molar-refractivity contribution in [3.05, 3.63) is 5.82 Å². The molecule has 0 radical (unpaired) electrons. The van der Waals surface area contributed by atoms with E-state index < -0.39 is 0 Å². The van der Waals surface area contributed by atoms with Gasteiger partial charge in [0.1, 0.15) is 11.9 Å². The molecule has 0 bridgehead atoms. The molecule has 0 aliphatic carbocycles. The van der Waals surface area contributed by atoms with E-state index >= 15 is 0 Å². The summed E-state index contributed by atoms with van der Waals surface area (Å²) in [5, 5.41) is 3.88. The second-order valence-electron chi connectivity index (χ2n) is 3.61. The summed E-state index contributed by atoms with van der Waals surface area (Å²) in [6.45, 7) is 2.83. The van der Waals surface area contributed by atoms with Gasteiger partial charge in [-0.2, -0.15) is 4.37 Å². The number of aromatic nitrogens is 2. The number of aryl methyl sites for hydroxylation is 1. The van der Waals surface area contributed by atoms with E-state index in [1.807, 2.05) is 14.0 Å². The van der Waals surface area contributed by atoms with E-state index in [9.17, 15) is 4.79 Å². The maximum atomic E-state index is 11.6. The summed E-state index contributed by atoms with van der Waals surface area (Å²) >= 11 is 1.32. The van der Waals surface area contributed by atoms with Gasteiger partial charge in [0.25, 0.3) is 0 Å². The van der Waals surface area contributed by atoms with Crippen LogP contribution in [0.15, 0.2) is 0 Å². The standard InChI is InChI=1S/C9H14N4OS/c1-3-7-11-9(15-12-7)10-6-4-5-13(2)8(6)14/h6H,3-5H2,1-2H3,(H,10,11,12)/t6-/m1/s1. The molecule has 0 unspecified atom stereocenters. The second-order valence-corrected chi connectivity index (χ2v) is 4.37. The zero-order chi connectivity index (χ0) is 10.8. The van der Waals surface area contributed by atoms with Crippen LogP contribution in [0.25, 0.3) is 0 Å². The summed E-state index contributed by atoms with van der Waals surface area (Å²) in [4.78, 5) is 17.6. The zero-order valence-corrected chi connectivity index (χ0v) is 9.67. The van der Waals surface area contributed by atoms with Crippen molar-refractivity contribution in [2.45, 2.75) is 25.8 Å². The van der Waals surface area contributed by atoms with Gasteiger partial charge in [-0.25, -0.2) is 4.98 Å². The molecule has 1 aromatic rings. The van der Waals surface area contributed by atoms with Crippen LogP contribution in [0.1, 0.15) is 19.2 Å². The molecule has 5 nitrogen and oxygen atoms in total. The maximum absolute atomic E-state index is 11.6. The van der Waals surface area contributed by atoms with Crippen LogP contribution in [-0.2, 0) is 11.2 Å². The van der Waals surface area contributed by atoms with Gasteiger partial charge in [-0.15, -0.1) is 0 Å². The highest BCUT2D eigenvalue weighted by Gasteiger charge is 2.29. The predicted molar refractivity (Wildman–Crippen MR) is 59.0 cm³/mol. The molecule has 15 heavy (non-hydrogen) atoms. The first-order valence-electron chi connectivity index (χ1n) is 5.04. The Morgan fingerprint density at radius 3 is 3.00 bits per heavy atom. The fraction of sp³-hybridized carbons (Fsp3) is 0.667. The van der Waals surface area contributed by atoms with Gasteiger partial charge in [0.15, 0.2) is 0 Å². The fourth-order valence-electron chi connectivity index (χ4n) is 1.56. The van der Waals surface area contributed by atoms with Gasteiger partial charge >= 0.3 is 0 Å². The topological polar surface area (TPSA) is 58.1 Å². The predicted octanol–water partition coefficient (Wildman–Crippen LogP) is 0.743. The van der Waals surface area contributed by atoms with Gasteiger partial charge in [-0.1, -0.05) is 6.92 Å². The zero-order valence-electron chi connectivity index (χ0n) is 8.86. The lowest BCUT2D eigenvalue weighted by atomic mass is 10.2. The molecule has 1 saturated heterocycles. The van der Waals surface area contributed by atoms with Gasteiger partial charge in [0.05, 0.1) is 0 Å². The van der Waals surface area contributed by atoms with E-state index in [-0.39, 0.29) is 11.9 Å². The van der Waals surface area contributed by atoms with Gasteiger partial charge in [-0.05, 0) is 6.42 Å². The quantitative estimate of drug-likeness (QED) is 0.826. The fourth-order valence-corrected chi connectivity index (χ4v) is 2.26. The first-order valence-corrected chi connectivity index (χ1v) is 5.82. The van der Waals surface area contributed by atoms with Crippen molar-refractivity contribution in [3.63, 3.8) is 0 Å². The SMILES string of the molecule is CCc1nsc(N[C@@H]2CCN(C)C2=O)n1. The van der Waals surface area contributed by atoms with Gasteiger partial charge in [-0.3, -0.25) is 4.79 Å². The van der Waals surface area contributed by atoms with E-state index in [1.54, 1.807) is 4.90 Å². The highest BCUT2D eigenvalue weighted by molar-refractivity contribution is 7.09. The molecule has 1 aliphatic heterocycles. The number of likely N-dealkylation sites (N-methyl/N-ethyl adjacent to an activating group) is 1. The highest BCUT2D eigenvalue weighted by Crippen LogP contribution is 2.17. The molecular weight excluding hydrogens is 212 g/mol. The summed E-state index contributed by atoms with van der Waals surface area (Å²) in [6, 6.07) is -0.118. The van der Waals surface area contributed by atoms with Crippen molar-refractivity contribution in [1.29, 1.82) is 0 Å². The number of anilines is 1. The molecule has 1 aromatic heterocycles. The van der Waals surface area contributed by atoms with Crippen LogP contribution in [0.3, 0.4) is 0 Å². The second kappa shape index (κ2) is 4.14. The monoisotopic (exact) mass is 226 g/mol. The van der Waals surface area contributed by atoms with Crippen molar-refractivity contribution >= 4 is 22.6 Å². The van der Waals surface area contributed by atoms with Crippen molar-refractivity contribution in [3.8, 4) is 0 Å². The Labute approximate surface area is 92.7 Å². The van der Waals surface area contributed by atoms with Crippen molar-refractivity contribution in [2.75, 3.05) is 18.9 Å². The minimum Gasteiger partial charge on any atom is -0.348 e. The molecule has 1 N–H and O–H groups in total. The van der Waals surface area contributed by atoms with Crippen LogP contribution in [0, 0.1) is 0 Å². The largest absolute Gasteiger partial charge is 0.348 e. The van der Waals surface area contributed by atoms with Crippen LogP contribution < -0.4 is 5.32 Å². The molecule has 0 saturated carbocycles. The average molecular weight is 226 g/mol. The minimum atomic E-state index is -0.118. The van der Waals surface area contributed by atoms with Gasteiger partial charge in [0.2, 0.25) is 11.0 Å². The number of carbonyl (C=O) groups excluding carboxylic acids is 1. The third kappa shape index (κ3) is 2.09. The Kier molecular flexibility index (Phi) is 2.86. The molecule has 82 valence electrons. The number of amides is 1. The number of rotatable bonds is 3. The number of nitrogens with zero attached hydrogens (tertiary/aromatic N) is 3. The molecule has 1 fully saturated rings. The number of nitrogens with one attached hydrogen (secondary N) is 1. The number of hydrogen-bond acceptors (Lipinski definition) is 5. The van der Waals surface area contributed by atoms with E-state index in [1.165, 1.54) is 11.5 Å². The Morgan fingerprint density at radius 1 is 1.67 bits per heavy atom. The average Bonchev–Trinajstić information content (AvgIpc) is 2.80. The summed E-state index contributed by atoms with van der Waals surface area (Å²) in [6.07, 6.45) is 1.67. The Morgan fingerprint density at radius 2 is 2.47 bits per heavy atom. The third-order valence-corrected chi connectivity index (χ3v) is 3.19. The molecule has 0 aromatic carbocycles. The summed E-state index contributed by atoms with van der Waals surface area (Å²) in [7, 11) is 1.82. The Hall–Kier alpha value is -1.17. The lowest BCUT2D eigenvalue weighted by molar-refractivity contribution is -0.127. The summed E-state index contributed by atoms with van der Waals surface area (Å²) in [5.41, 5.74) is 0. The first kappa shape index (κ1) is 10.4. The summed E-state index contributed by atoms with van der Waals surface area (Å²) in [5.74, 6) is 0.976. The Bertz CT molecular complexity index is 365. The highest BCUT2D eigenvalue weighted by atomic mass is 32.1. The van der Waals surface area contributed by atoms with E-state index in [0.29, 0.717) is 0 Å². The van der Waals surface area contributed by atoms with Crippen LogP contribution in [0.2, 0.25) is 0 Å². The molecule has 2 rings (SSSR count). The number of likely N-dealkylation sites (tertiary alicyclic amines) is 1. The lowest BCUT2D eigenvalue weighted by Crippen LogP contribution is -2.30. The van der Waals surface area contributed by atoms with Crippen molar-refractivity contribution < 1.29 is 4.79 Å². The smallest absolute Gasteiger partial charge is 0.244 e. The maximum Gasteiger partial charge on any atom is 0.244 e. The van der Waals surface area contributed by atoms with Crippen LogP contribution in [0.4, 0.5) is 5.13 Å². The van der Waals surface area contributed by atoms with Gasteiger partial charge in [0, 0.05) is 31.5 Å². The molecule has 6 heteroatoms. The van der Waals surface area contributed by atoms with Crippen LogP contribution in [0.5, 0.6) is 0 Å². The first-order chi connectivity index (χ1) is 7.20. The van der Waals surface area contributed by atoms with Gasteiger partial charge < -0.3 is 10.2 Å². The normalized spacial score (nSPS) is 21.1. The van der Waals surface area contributed by atoms with E-state index in [4.69, 9.17) is 0 Å². The van der Waals surface area contributed by atoms with Crippen molar-refractivity contribution in [1.82, 2.24) is 14.3 Å². The molecule has 0 spiro atoms. The number of carbonyl (C=O) groups is 1. The molecule has 1 amide bonds. The van der Waals surface area contributed by atoms with E-state index in [0.717, 1.165) is 30.3 Å². The molecule has 1 atom stereocenters. The molecule has 1 aliphatic rings. The minimum absolute atomic E-state index is 0.118.